The van der Waals surface area contributed by atoms with Crippen LogP contribution in [0.4, 0.5) is 0 Å². The highest BCUT2D eigenvalue weighted by atomic mass is 32.2. The molecule has 0 spiro atoms. The van der Waals surface area contributed by atoms with Gasteiger partial charge in [0.25, 0.3) is 0 Å². The lowest BCUT2D eigenvalue weighted by atomic mass is 9.95. The molecule has 14 heteroatoms. The average Bonchev–Trinajstić information content (AvgIpc) is 3.11. The van der Waals surface area contributed by atoms with Crippen LogP contribution in [-0.4, -0.2) is 87.3 Å². The molecule has 3 rings (SSSR count). The Morgan fingerprint density at radius 3 is 2.42 bits per heavy atom. The van der Waals surface area contributed by atoms with Crippen LogP contribution in [0.25, 0.3) is 0 Å². The summed E-state index contributed by atoms with van der Waals surface area (Å²) in [6, 6.07) is 5.35. The zero-order chi connectivity index (χ0) is 26.6. The molecule has 1 aromatic carbocycles. The third-order valence-corrected chi connectivity index (χ3v) is 7.35. The molecule has 194 valence electrons. The number of hydrogen-bond acceptors (Lipinski definition) is 8. The van der Waals surface area contributed by atoms with Crippen molar-refractivity contribution in [3.05, 3.63) is 35.9 Å². The van der Waals surface area contributed by atoms with Crippen LogP contribution in [0.5, 0.6) is 0 Å². The fourth-order valence-corrected chi connectivity index (χ4v) is 5.67. The molecule has 2 saturated heterocycles. The number of nitrogens with one attached hydrogen (secondary N) is 5. The summed E-state index contributed by atoms with van der Waals surface area (Å²) in [4.78, 5) is 62.7. The molecule has 36 heavy (non-hydrogen) atoms. The van der Waals surface area contributed by atoms with Crippen LogP contribution < -0.4 is 27.0 Å². The molecule has 2 heterocycles. The zero-order valence-electron chi connectivity index (χ0n) is 19.7. The number of amides is 4. The van der Waals surface area contributed by atoms with Crippen molar-refractivity contribution in [2.24, 2.45) is 5.73 Å². The quantitative estimate of drug-likeness (QED) is 0.105. The van der Waals surface area contributed by atoms with Gasteiger partial charge >= 0.3 is 5.97 Å². The minimum atomic E-state index is -1.14. The van der Waals surface area contributed by atoms with Gasteiger partial charge in [0.15, 0.2) is 0 Å². The molecule has 0 aromatic heterocycles. The van der Waals surface area contributed by atoms with Gasteiger partial charge in [-0.25, -0.2) is 4.79 Å². The number of β-lactam (4-membered cyclic amide) rings is 1. The molecule has 0 aliphatic carbocycles. The normalized spacial score (nSPS) is 22.5. The fourth-order valence-electron chi connectivity index (χ4n) is 4.05. The summed E-state index contributed by atoms with van der Waals surface area (Å²) in [7, 11) is 0. The summed E-state index contributed by atoms with van der Waals surface area (Å²) >= 11 is 1.30. The van der Waals surface area contributed by atoms with Gasteiger partial charge in [-0.15, -0.1) is 11.8 Å². The van der Waals surface area contributed by atoms with Gasteiger partial charge in [-0.05, 0) is 19.4 Å². The van der Waals surface area contributed by atoms with E-state index in [9.17, 15) is 29.1 Å². The summed E-state index contributed by atoms with van der Waals surface area (Å²) < 4.78 is -0.738. The monoisotopic (exact) mass is 519 g/mol. The van der Waals surface area contributed by atoms with Gasteiger partial charge in [-0.3, -0.25) is 24.6 Å². The molecule has 0 radical (unpaired) electrons. The number of thioether (sulfide) groups is 1. The standard InChI is InChI=1S/C22H29N7O6S/c1-22(2)17(21(34)35)29-19(33)16(20(29)36-22)28-18(32)15(11-6-4-3-5-7-11)27-14(31)10-25-12(24)9-26-13(30)8-23/h3-7,15-17,20H,8-10,23H2,1-2H3,(H2,24,25)(H,26,30)(H,27,31)(H,28,32)(H,34,35)/t15?,16-,17+,20-/m1/s1. The van der Waals surface area contributed by atoms with Crippen LogP contribution in [0.1, 0.15) is 25.5 Å². The molecule has 4 atom stereocenters. The SMILES string of the molecule is CC1(C)S[C@@H]2[C@H](NC(=O)C(NC(=O)CNC(=N)CNC(=O)CN)c3ccccc3)C(=O)N2[C@H]1C(=O)O. The van der Waals surface area contributed by atoms with Gasteiger partial charge in [0, 0.05) is 4.75 Å². The van der Waals surface area contributed by atoms with Gasteiger partial charge in [0.1, 0.15) is 29.3 Å². The topological polar surface area (TPSA) is 207 Å². The number of carbonyl (C=O) groups excluding carboxylic acids is 4. The number of benzene rings is 1. The van der Waals surface area contributed by atoms with E-state index in [0.29, 0.717) is 5.56 Å². The molecular weight excluding hydrogens is 490 g/mol. The maximum Gasteiger partial charge on any atom is 0.327 e. The Balaban J connectivity index is 1.64. The van der Waals surface area contributed by atoms with Crippen molar-refractivity contribution in [2.45, 2.75) is 42.1 Å². The Labute approximate surface area is 211 Å². The van der Waals surface area contributed by atoms with Gasteiger partial charge < -0.3 is 37.0 Å². The minimum absolute atomic E-state index is 0.123. The van der Waals surface area contributed by atoms with Crippen molar-refractivity contribution in [1.82, 2.24) is 26.2 Å². The molecular formula is C22H29N7O6S. The summed E-state index contributed by atoms with van der Waals surface area (Å²) in [5.74, 6) is -3.40. The predicted molar refractivity (Wildman–Crippen MR) is 131 cm³/mol. The number of amidine groups is 1. The minimum Gasteiger partial charge on any atom is -0.480 e. The number of nitrogens with zero attached hydrogens (tertiary/aromatic N) is 1. The summed E-state index contributed by atoms with van der Waals surface area (Å²) in [6.07, 6.45) is 0. The van der Waals surface area contributed by atoms with Crippen molar-refractivity contribution < 1.29 is 29.1 Å². The number of fused-ring (bicyclic) bond motifs is 1. The van der Waals surface area contributed by atoms with Crippen molar-refractivity contribution >= 4 is 47.2 Å². The summed E-state index contributed by atoms with van der Waals surface area (Å²) in [5.41, 5.74) is 5.65. The highest BCUT2D eigenvalue weighted by Crippen LogP contribution is 2.50. The Bertz CT molecular complexity index is 1070. The lowest BCUT2D eigenvalue weighted by molar-refractivity contribution is -0.161. The summed E-state index contributed by atoms with van der Waals surface area (Å²) in [6.45, 7) is 2.77. The van der Waals surface area contributed by atoms with Gasteiger partial charge in [0.05, 0.1) is 19.6 Å². The number of rotatable bonds is 10. The third kappa shape index (κ3) is 5.76. The molecule has 1 unspecified atom stereocenters. The van der Waals surface area contributed by atoms with E-state index in [1.54, 1.807) is 44.2 Å². The third-order valence-electron chi connectivity index (χ3n) is 5.78. The van der Waals surface area contributed by atoms with Crippen LogP contribution in [0.15, 0.2) is 30.3 Å². The van der Waals surface area contributed by atoms with Crippen LogP contribution in [0.2, 0.25) is 0 Å². The smallest absolute Gasteiger partial charge is 0.327 e. The first-order chi connectivity index (χ1) is 17.0. The van der Waals surface area contributed by atoms with Crippen LogP contribution in [0, 0.1) is 5.41 Å². The van der Waals surface area contributed by atoms with E-state index >= 15 is 0 Å². The van der Waals surface area contributed by atoms with Gasteiger partial charge in [-0.2, -0.15) is 0 Å². The van der Waals surface area contributed by atoms with E-state index in [-0.39, 0.29) is 25.5 Å². The number of nitrogens with two attached hydrogens (primary N) is 1. The Morgan fingerprint density at radius 2 is 1.81 bits per heavy atom. The van der Waals surface area contributed by atoms with Gasteiger partial charge in [0.2, 0.25) is 23.6 Å². The van der Waals surface area contributed by atoms with Crippen molar-refractivity contribution in [3.63, 3.8) is 0 Å². The average molecular weight is 520 g/mol. The first kappa shape index (κ1) is 26.9. The highest BCUT2D eigenvalue weighted by molar-refractivity contribution is 8.01. The van der Waals surface area contributed by atoms with Crippen molar-refractivity contribution in [1.29, 1.82) is 5.41 Å². The Morgan fingerprint density at radius 1 is 1.14 bits per heavy atom. The first-order valence-corrected chi connectivity index (χ1v) is 12.0. The van der Waals surface area contributed by atoms with Crippen LogP contribution >= 0.6 is 11.8 Å². The Kier molecular flexibility index (Phi) is 8.20. The maximum absolute atomic E-state index is 13.2. The molecule has 2 aliphatic heterocycles. The molecule has 13 nitrogen and oxygen atoms in total. The lowest BCUT2D eigenvalue weighted by Gasteiger charge is -2.44. The maximum atomic E-state index is 13.2. The summed E-state index contributed by atoms with van der Waals surface area (Å²) in [5, 5.41) is 27.0. The number of carbonyl (C=O) groups is 5. The van der Waals surface area contributed by atoms with E-state index in [1.165, 1.54) is 16.7 Å². The molecule has 0 saturated carbocycles. The molecule has 8 N–H and O–H groups in total. The van der Waals surface area contributed by atoms with E-state index in [4.69, 9.17) is 11.1 Å². The van der Waals surface area contributed by atoms with E-state index in [0.717, 1.165) is 0 Å². The molecule has 2 aliphatic rings. The molecule has 1 aromatic rings. The van der Waals surface area contributed by atoms with Crippen molar-refractivity contribution in [2.75, 3.05) is 19.6 Å². The van der Waals surface area contributed by atoms with E-state index < -0.39 is 57.8 Å². The second-order valence-electron chi connectivity index (χ2n) is 8.81. The van der Waals surface area contributed by atoms with E-state index in [1.807, 2.05) is 0 Å². The fraction of sp³-hybridized carbons (Fsp3) is 0.455. The number of aliphatic carboxylic acids is 1. The zero-order valence-corrected chi connectivity index (χ0v) is 20.6. The van der Waals surface area contributed by atoms with Crippen molar-refractivity contribution in [3.8, 4) is 0 Å². The first-order valence-electron chi connectivity index (χ1n) is 11.1. The Hall–Kier alpha value is -3.65. The second kappa shape index (κ2) is 11.0. The number of carboxylic acids is 1. The predicted octanol–water partition coefficient (Wildman–Crippen LogP) is -1.88. The highest BCUT2D eigenvalue weighted by Gasteiger charge is 2.64. The molecule has 0 bridgehead atoms. The van der Waals surface area contributed by atoms with Gasteiger partial charge in [-0.1, -0.05) is 30.3 Å². The molecule has 4 amide bonds. The molecule has 2 fully saturated rings. The lowest BCUT2D eigenvalue weighted by Crippen LogP contribution is -2.71. The number of hydrogen-bond donors (Lipinski definition) is 7. The number of carboxylic acid groups (broad SMARTS) is 1. The largest absolute Gasteiger partial charge is 0.480 e. The van der Waals surface area contributed by atoms with E-state index in [2.05, 4.69) is 21.3 Å². The van der Waals surface area contributed by atoms with Crippen LogP contribution in [0.3, 0.4) is 0 Å². The second-order valence-corrected chi connectivity index (χ2v) is 10.6. The van der Waals surface area contributed by atoms with Crippen LogP contribution in [-0.2, 0) is 24.0 Å².